The normalized spacial score (nSPS) is 10.6. The van der Waals surface area contributed by atoms with E-state index in [0.717, 1.165) is 0 Å². The number of aromatic nitrogens is 3. The minimum atomic E-state index is -2.94. The van der Waals surface area contributed by atoms with E-state index in [1.807, 2.05) is 0 Å². The van der Waals surface area contributed by atoms with Crippen LogP contribution in [0.25, 0.3) is 0 Å². The molecule has 19 heavy (non-hydrogen) atoms. The Bertz CT molecular complexity index is 565. The summed E-state index contributed by atoms with van der Waals surface area (Å²) in [5.41, 5.74) is 0.251. The summed E-state index contributed by atoms with van der Waals surface area (Å²) in [6, 6.07) is 6.07. The van der Waals surface area contributed by atoms with E-state index in [-0.39, 0.29) is 28.0 Å². The van der Waals surface area contributed by atoms with Crippen LogP contribution in [0.15, 0.2) is 24.3 Å². The minimum absolute atomic E-state index is 0.0234. The third-order valence-electron chi connectivity index (χ3n) is 1.93. The molecule has 0 saturated carbocycles. The molecule has 0 aliphatic heterocycles. The first-order valence-corrected chi connectivity index (χ1v) is 5.68. The van der Waals surface area contributed by atoms with E-state index in [1.165, 1.54) is 12.1 Å². The van der Waals surface area contributed by atoms with Gasteiger partial charge in [-0.05, 0) is 35.3 Å². The van der Waals surface area contributed by atoms with E-state index in [2.05, 4.69) is 25.0 Å². The van der Waals surface area contributed by atoms with Crippen molar-refractivity contribution in [3.63, 3.8) is 0 Å². The van der Waals surface area contributed by atoms with Gasteiger partial charge >= 0.3 is 6.61 Å². The predicted octanol–water partition coefficient (Wildman–Crippen LogP) is 3.52. The maximum Gasteiger partial charge on any atom is 0.387 e. The van der Waals surface area contributed by atoms with Gasteiger partial charge in [-0.3, -0.25) is 0 Å². The number of rotatable bonds is 4. The molecular formula is C10H6Cl2F2N4O. The van der Waals surface area contributed by atoms with Gasteiger partial charge < -0.3 is 10.1 Å². The van der Waals surface area contributed by atoms with Crippen LogP contribution in [0.2, 0.25) is 10.6 Å². The second-order valence-corrected chi connectivity index (χ2v) is 3.87. The Morgan fingerprint density at radius 2 is 1.68 bits per heavy atom. The van der Waals surface area contributed by atoms with E-state index in [4.69, 9.17) is 23.2 Å². The minimum Gasteiger partial charge on any atom is -0.433 e. The number of hydrogen-bond acceptors (Lipinski definition) is 5. The summed E-state index contributed by atoms with van der Waals surface area (Å²) in [4.78, 5) is 11.1. The summed E-state index contributed by atoms with van der Waals surface area (Å²) in [5.74, 6) is -0.0273. The molecule has 1 N–H and O–H groups in total. The van der Waals surface area contributed by atoms with Crippen molar-refractivity contribution in [1.82, 2.24) is 15.0 Å². The van der Waals surface area contributed by atoms with E-state index in [1.54, 1.807) is 12.1 Å². The van der Waals surface area contributed by atoms with E-state index < -0.39 is 6.61 Å². The number of anilines is 2. The molecule has 0 aliphatic carbocycles. The van der Waals surface area contributed by atoms with Crippen molar-refractivity contribution in [2.45, 2.75) is 6.61 Å². The van der Waals surface area contributed by atoms with Gasteiger partial charge in [-0.15, -0.1) is 0 Å². The highest BCUT2D eigenvalue weighted by Gasteiger charge is 2.11. The molecule has 9 heteroatoms. The summed E-state index contributed by atoms with van der Waals surface area (Å²) in [7, 11) is 0. The molecule has 0 saturated heterocycles. The first-order valence-electron chi connectivity index (χ1n) is 4.92. The average molecular weight is 307 g/mol. The van der Waals surface area contributed by atoms with Crippen LogP contribution in [0, 0.1) is 0 Å². The Kier molecular flexibility index (Phi) is 4.28. The monoisotopic (exact) mass is 306 g/mol. The molecule has 0 spiro atoms. The van der Waals surface area contributed by atoms with Crippen LogP contribution in [-0.2, 0) is 0 Å². The zero-order valence-electron chi connectivity index (χ0n) is 9.15. The van der Waals surface area contributed by atoms with Gasteiger partial charge in [0.2, 0.25) is 16.5 Å². The van der Waals surface area contributed by atoms with Gasteiger partial charge in [0.1, 0.15) is 5.75 Å². The molecule has 0 radical (unpaired) electrons. The maximum atomic E-state index is 12.2. The number of para-hydroxylation sites is 2. The summed E-state index contributed by atoms with van der Waals surface area (Å²) < 4.78 is 28.8. The molecule has 0 atom stereocenters. The van der Waals surface area contributed by atoms with Gasteiger partial charge in [-0.1, -0.05) is 12.1 Å². The smallest absolute Gasteiger partial charge is 0.387 e. The van der Waals surface area contributed by atoms with Crippen LogP contribution < -0.4 is 10.1 Å². The lowest BCUT2D eigenvalue weighted by Crippen LogP contribution is -2.06. The Morgan fingerprint density at radius 3 is 2.32 bits per heavy atom. The first-order chi connectivity index (χ1) is 9.04. The molecule has 2 aromatic rings. The molecular weight excluding hydrogens is 301 g/mol. The van der Waals surface area contributed by atoms with E-state index >= 15 is 0 Å². The molecule has 1 heterocycles. The summed E-state index contributed by atoms with van der Waals surface area (Å²) in [5, 5.41) is 2.44. The standard InChI is InChI=1S/C10H6Cl2F2N4O/c11-7-16-8(12)18-10(17-7)15-5-3-1-2-4-6(5)19-9(13)14/h1-4,9H,(H,15,16,17,18). The average Bonchev–Trinajstić information content (AvgIpc) is 2.29. The highest BCUT2D eigenvalue weighted by Crippen LogP contribution is 2.27. The number of nitrogens with zero attached hydrogens (tertiary/aromatic N) is 3. The number of hydrogen-bond donors (Lipinski definition) is 1. The summed E-state index contributed by atoms with van der Waals surface area (Å²) >= 11 is 11.2. The Morgan fingerprint density at radius 1 is 1.05 bits per heavy atom. The van der Waals surface area contributed by atoms with Gasteiger partial charge in [-0.25, -0.2) is 0 Å². The molecule has 0 fully saturated rings. The van der Waals surface area contributed by atoms with Crippen LogP contribution in [0.1, 0.15) is 0 Å². The molecule has 1 aromatic carbocycles. The van der Waals surface area contributed by atoms with Gasteiger partial charge in [0.25, 0.3) is 0 Å². The Balaban J connectivity index is 2.27. The molecule has 0 unspecified atom stereocenters. The maximum absolute atomic E-state index is 12.2. The quantitative estimate of drug-likeness (QED) is 0.936. The van der Waals surface area contributed by atoms with Crippen LogP contribution in [0.5, 0.6) is 5.75 Å². The highest BCUT2D eigenvalue weighted by molar-refractivity contribution is 6.31. The number of benzene rings is 1. The van der Waals surface area contributed by atoms with Crippen molar-refractivity contribution in [2.24, 2.45) is 0 Å². The summed E-state index contributed by atoms with van der Waals surface area (Å²) in [6.45, 7) is -2.94. The zero-order chi connectivity index (χ0) is 13.8. The lowest BCUT2D eigenvalue weighted by molar-refractivity contribution is -0.0493. The number of nitrogens with one attached hydrogen (secondary N) is 1. The number of alkyl halides is 2. The van der Waals surface area contributed by atoms with Gasteiger partial charge in [-0.2, -0.15) is 23.7 Å². The number of ether oxygens (including phenoxy) is 1. The van der Waals surface area contributed by atoms with Crippen molar-refractivity contribution in [3.8, 4) is 5.75 Å². The molecule has 2 rings (SSSR count). The van der Waals surface area contributed by atoms with Crippen molar-refractivity contribution in [1.29, 1.82) is 0 Å². The lowest BCUT2D eigenvalue weighted by atomic mass is 10.3. The Labute approximate surface area is 116 Å². The second-order valence-electron chi connectivity index (χ2n) is 3.20. The topological polar surface area (TPSA) is 59.9 Å². The summed E-state index contributed by atoms with van der Waals surface area (Å²) in [6.07, 6.45) is 0. The largest absolute Gasteiger partial charge is 0.433 e. The number of halogens is 4. The van der Waals surface area contributed by atoms with Crippen LogP contribution in [-0.4, -0.2) is 21.6 Å². The van der Waals surface area contributed by atoms with Crippen molar-refractivity contribution < 1.29 is 13.5 Å². The Hall–Kier alpha value is -1.73. The molecule has 0 bridgehead atoms. The van der Waals surface area contributed by atoms with E-state index in [9.17, 15) is 8.78 Å². The highest BCUT2D eigenvalue weighted by atomic mass is 35.5. The third-order valence-corrected chi connectivity index (χ3v) is 2.27. The van der Waals surface area contributed by atoms with Crippen molar-refractivity contribution >= 4 is 34.8 Å². The third kappa shape index (κ3) is 3.87. The van der Waals surface area contributed by atoms with Crippen LogP contribution in [0.3, 0.4) is 0 Å². The molecule has 1 aromatic heterocycles. The second kappa shape index (κ2) is 5.94. The molecule has 0 amide bonds. The van der Waals surface area contributed by atoms with Crippen LogP contribution in [0.4, 0.5) is 20.4 Å². The van der Waals surface area contributed by atoms with Crippen molar-refractivity contribution in [3.05, 3.63) is 34.8 Å². The van der Waals surface area contributed by atoms with Gasteiger partial charge in [0.05, 0.1) is 5.69 Å². The fourth-order valence-corrected chi connectivity index (χ4v) is 1.63. The molecule has 0 aliphatic rings. The SMILES string of the molecule is FC(F)Oc1ccccc1Nc1nc(Cl)nc(Cl)n1. The molecule has 100 valence electrons. The zero-order valence-corrected chi connectivity index (χ0v) is 10.7. The van der Waals surface area contributed by atoms with Gasteiger partial charge in [0.15, 0.2) is 0 Å². The fourth-order valence-electron chi connectivity index (χ4n) is 1.27. The predicted molar refractivity (Wildman–Crippen MR) is 66.2 cm³/mol. The first kappa shape index (κ1) is 13.7. The van der Waals surface area contributed by atoms with E-state index in [0.29, 0.717) is 0 Å². The van der Waals surface area contributed by atoms with Gasteiger partial charge in [0, 0.05) is 0 Å². The fraction of sp³-hybridized carbons (Fsp3) is 0.100. The lowest BCUT2D eigenvalue weighted by Gasteiger charge is -2.11. The molecule has 5 nitrogen and oxygen atoms in total. The van der Waals surface area contributed by atoms with Crippen molar-refractivity contribution in [2.75, 3.05) is 5.32 Å². The van der Waals surface area contributed by atoms with Crippen LogP contribution >= 0.6 is 23.2 Å².